The Morgan fingerprint density at radius 3 is 1.89 bits per heavy atom. The Bertz CT molecular complexity index is 1380. The number of hydrogen-bond acceptors (Lipinski definition) is 6. The molecule has 3 aromatic carbocycles. The Balaban J connectivity index is 1.75. The van der Waals surface area contributed by atoms with Gasteiger partial charge in [0.2, 0.25) is 11.8 Å². The third-order valence-corrected chi connectivity index (χ3v) is 7.03. The average molecular weight is 618 g/mol. The van der Waals surface area contributed by atoms with E-state index in [0.29, 0.717) is 6.54 Å². The Kier molecular flexibility index (Phi) is 12.9. The molecule has 3 rings (SSSR count). The fourth-order valence-electron chi connectivity index (χ4n) is 4.60. The van der Waals surface area contributed by atoms with Crippen LogP contribution >= 0.6 is 0 Å². The van der Waals surface area contributed by atoms with Gasteiger partial charge < -0.3 is 36.4 Å². The van der Waals surface area contributed by atoms with Crippen molar-refractivity contribution >= 4 is 23.9 Å². The maximum atomic E-state index is 13.5. The molecule has 0 bridgehead atoms. The second-order valence-electron chi connectivity index (χ2n) is 11.7. The van der Waals surface area contributed by atoms with Gasteiger partial charge in [0.25, 0.3) is 0 Å². The first-order valence-electron chi connectivity index (χ1n) is 14.8. The highest BCUT2D eigenvalue weighted by molar-refractivity contribution is 5.90. The van der Waals surface area contributed by atoms with E-state index in [2.05, 4.69) is 16.0 Å². The Hall–Kier alpha value is -4.90. The molecule has 0 aromatic heterocycles. The van der Waals surface area contributed by atoms with Crippen molar-refractivity contribution in [3.05, 3.63) is 108 Å². The maximum absolute atomic E-state index is 13.5. The summed E-state index contributed by atoms with van der Waals surface area (Å²) in [6.07, 6.45) is -2.42. The summed E-state index contributed by atoms with van der Waals surface area (Å²) >= 11 is 0. The summed E-state index contributed by atoms with van der Waals surface area (Å²) in [5, 5.41) is 19.6. The molecule has 45 heavy (non-hydrogen) atoms. The zero-order valence-corrected chi connectivity index (χ0v) is 25.9. The number of nitrogens with two attached hydrogens (primary N) is 1. The van der Waals surface area contributed by atoms with Gasteiger partial charge in [-0.1, -0.05) is 91.0 Å². The van der Waals surface area contributed by atoms with Gasteiger partial charge in [-0.25, -0.2) is 9.59 Å². The molecule has 0 unspecified atom stereocenters. The second kappa shape index (κ2) is 16.8. The summed E-state index contributed by atoms with van der Waals surface area (Å²) in [4.78, 5) is 52.7. The predicted molar refractivity (Wildman–Crippen MR) is 171 cm³/mol. The largest absolute Gasteiger partial charge is 0.445 e. The van der Waals surface area contributed by atoms with Crippen LogP contribution in [0.2, 0.25) is 0 Å². The molecule has 0 aliphatic carbocycles. The molecule has 0 aliphatic heterocycles. The van der Waals surface area contributed by atoms with Crippen LogP contribution in [-0.2, 0) is 33.9 Å². The normalized spacial score (nSPS) is 13.1. The first-order valence-corrected chi connectivity index (χ1v) is 14.8. The number of aliphatic hydroxyl groups is 1. The van der Waals surface area contributed by atoms with Crippen molar-refractivity contribution < 1.29 is 29.0 Å². The first-order chi connectivity index (χ1) is 21.4. The van der Waals surface area contributed by atoms with Gasteiger partial charge in [0.05, 0.1) is 25.1 Å². The summed E-state index contributed by atoms with van der Waals surface area (Å²) in [6, 6.07) is 25.0. The van der Waals surface area contributed by atoms with Crippen molar-refractivity contribution in [2.75, 3.05) is 6.54 Å². The topological polar surface area (TPSA) is 163 Å². The molecule has 11 nitrogen and oxygen atoms in total. The van der Waals surface area contributed by atoms with E-state index < -0.39 is 48.1 Å². The fraction of sp³-hybridized carbons (Fsp3) is 0.353. The minimum absolute atomic E-state index is 0.0398. The number of nitrogens with zero attached hydrogens (tertiary/aromatic N) is 1. The number of hydrogen-bond donors (Lipinski definition) is 5. The van der Waals surface area contributed by atoms with Crippen LogP contribution in [0.1, 0.15) is 43.9 Å². The molecule has 6 N–H and O–H groups in total. The number of nitrogens with one attached hydrogen (secondary N) is 3. The molecule has 3 aromatic rings. The van der Waals surface area contributed by atoms with E-state index in [-0.39, 0.29) is 25.6 Å². The number of benzene rings is 3. The molecule has 240 valence electrons. The highest BCUT2D eigenvalue weighted by atomic mass is 16.5. The summed E-state index contributed by atoms with van der Waals surface area (Å²) in [7, 11) is 0. The number of β-amino-alcohol motifs (C(OH)–C–C–N with tert-alkyl or cyclic N) is 1. The van der Waals surface area contributed by atoms with Gasteiger partial charge in [-0.05, 0) is 43.9 Å². The number of rotatable bonds is 14. The van der Waals surface area contributed by atoms with Crippen molar-refractivity contribution in [3.8, 4) is 0 Å². The standard InChI is InChI=1S/C34H43N5O6/c1-34(2,3)39(32(43)36-21-25-15-9-5-10-16-25)22-29(40)27(19-24-13-7-4-8-14-24)37-31(42)28(20-30(35)41)38-33(44)45-23-26-17-11-6-12-18-26/h4-18,27-29,40H,19-23H2,1-3H3,(H2,35,41)(H,36,43)(H,37,42)(H,38,44)/t27-,28-,29+/m0/s1. The van der Waals surface area contributed by atoms with Crippen LogP contribution in [0.15, 0.2) is 91.0 Å². The number of primary amides is 1. The quantitative estimate of drug-likeness (QED) is 0.186. The van der Waals surface area contributed by atoms with Gasteiger partial charge >= 0.3 is 12.1 Å². The van der Waals surface area contributed by atoms with Crippen LogP contribution in [0.4, 0.5) is 9.59 Å². The van der Waals surface area contributed by atoms with Crippen molar-refractivity contribution in [2.24, 2.45) is 5.73 Å². The maximum Gasteiger partial charge on any atom is 0.408 e. The number of urea groups is 1. The Labute approximate surface area is 264 Å². The van der Waals surface area contributed by atoms with Crippen molar-refractivity contribution in [2.45, 2.75) is 70.5 Å². The van der Waals surface area contributed by atoms with Crippen molar-refractivity contribution in [3.63, 3.8) is 0 Å². The van der Waals surface area contributed by atoms with Gasteiger partial charge in [-0.2, -0.15) is 0 Å². The predicted octanol–water partition coefficient (Wildman–Crippen LogP) is 3.26. The highest BCUT2D eigenvalue weighted by Gasteiger charge is 2.34. The summed E-state index contributed by atoms with van der Waals surface area (Å²) in [6.45, 7) is 5.69. The van der Waals surface area contributed by atoms with Gasteiger partial charge in [0, 0.05) is 12.1 Å². The third kappa shape index (κ3) is 12.0. The minimum Gasteiger partial charge on any atom is -0.445 e. The lowest BCUT2D eigenvalue weighted by Gasteiger charge is -2.39. The zero-order valence-electron chi connectivity index (χ0n) is 25.9. The monoisotopic (exact) mass is 617 g/mol. The van der Waals surface area contributed by atoms with Gasteiger partial charge in [0.15, 0.2) is 0 Å². The van der Waals surface area contributed by atoms with Crippen LogP contribution in [-0.4, -0.2) is 64.2 Å². The Morgan fingerprint density at radius 1 is 0.822 bits per heavy atom. The molecule has 0 saturated heterocycles. The van der Waals surface area contributed by atoms with E-state index in [9.17, 15) is 24.3 Å². The van der Waals surface area contributed by atoms with Gasteiger partial charge in [0.1, 0.15) is 12.6 Å². The van der Waals surface area contributed by atoms with E-state index in [1.807, 2.05) is 87.5 Å². The van der Waals surface area contributed by atoms with Crippen LogP contribution in [0.3, 0.4) is 0 Å². The van der Waals surface area contributed by atoms with Gasteiger partial charge in [-0.15, -0.1) is 0 Å². The molecule has 11 heteroatoms. The van der Waals surface area contributed by atoms with Crippen LogP contribution in [0.25, 0.3) is 0 Å². The number of aliphatic hydroxyl groups excluding tert-OH is 1. The molecule has 0 aliphatic rings. The van der Waals surface area contributed by atoms with Crippen LogP contribution < -0.4 is 21.7 Å². The molecule has 0 heterocycles. The molecule has 0 saturated carbocycles. The summed E-state index contributed by atoms with van der Waals surface area (Å²) in [5.41, 5.74) is 7.19. The molecular weight excluding hydrogens is 574 g/mol. The highest BCUT2D eigenvalue weighted by Crippen LogP contribution is 2.17. The lowest BCUT2D eigenvalue weighted by molar-refractivity contribution is -0.128. The van der Waals surface area contributed by atoms with E-state index >= 15 is 0 Å². The molecule has 5 amide bonds. The van der Waals surface area contributed by atoms with Crippen LogP contribution in [0, 0.1) is 0 Å². The van der Waals surface area contributed by atoms with E-state index in [1.165, 1.54) is 4.90 Å². The molecule has 3 atom stereocenters. The smallest absolute Gasteiger partial charge is 0.408 e. The van der Waals surface area contributed by atoms with E-state index in [4.69, 9.17) is 10.5 Å². The molecule has 0 radical (unpaired) electrons. The first kappa shape index (κ1) is 34.6. The number of amides is 5. The molecule has 0 spiro atoms. The SMILES string of the molecule is CC(C)(C)N(C[C@@H](O)[C@H](Cc1ccccc1)NC(=O)[C@H](CC(N)=O)NC(=O)OCc1ccccc1)C(=O)NCc1ccccc1. The summed E-state index contributed by atoms with van der Waals surface area (Å²) < 4.78 is 5.23. The fourth-order valence-corrected chi connectivity index (χ4v) is 4.60. The van der Waals surface area contributed by atoms with Crippen LogP contribution in [0.5, 0.6) is 0 Å². The average Bonchev–Trinajstić information content (AvgIpc) is 3.01. The van der Waals surface area contributed by atoms with Crippen molar-refractivity contribution in [1.29, 1.82) is 0 Å². The third-order valence-electron chi connectivity index (χ3n) is 7.03. The minimum atomic E-state index is -1.36. The zero-order chi connectivity index (χ0) is 32.8. The lowest BCUT2D eigenvalue weighted by Crippen LogP contribution is -2.59. The number of alkyl carbamates (subject to hydrolysis) is 1. The molecule has 0 fully saturated rings. The number of ether oxygens (including phenoxy) is 1. The Morgan fingerprint density at radius 2 is 1.36 bits per heavy atom. The number of carbonyl (C=O) groups excluding carboxylic acids is 4. The number of carbonyl (C=O) groups is 4. The second-order valence-corrected chi connectivity index (χ2v) is 11.7. The summed E-state index contributed by atoms with van der Waals surface area (Å²) in [5.74, 6) is -1.55. The lowest BCUT2D eigenvalue weighted by atomic mass is 9.98. The van der Waals surface area contributed by atoms with Gasteiger partial charge in [-0.3, -0.25) is 9.59 Å². The molecular formula is C34H43N5O6. The van der Waals surface area contributed by atoms with E-state index in [1.54, 1.807) is 24.3 Å². The van der Waals surface area contributed by atoms with E-state index in [0.717, 1.165) is 16.7 Å². The van der Waals surface area contributed by atoms with Crippen molar-refractivity contribution in [1.82, 2.24) is 20.9 Å².